The molecule has 1 aromatic rings. The van der Waals surface area contributed by atoms with Gasteiger partial charge < -0.3 is 10.1 Å². The number of rotatable bonds is 4. The Morgan fingerprint density at radius 1 is 1.32 bits per heavy atom. The molecule has 106 valence electrons. The Labute approximate surface area is 117 Å². The lowest BCUT2D eigenvalue weighted by Crippen LogP contribution is -2.29. The molecular weight excluding hydrogens is 234 g/mol. The molecule has 3 atom stereocenters. The quantitative estimate of drug-likeness (QED) is 0.881. The zero-order chi connectivity index (χ0) is 13.8. The van der Waals surface area contributed by atoms with E-state index in [9.17, 15) is 0 Å². The van der Waals surface area contributed by atoms with Gasteiger partial charge in [0.25, 0.3) is 0 Å². The summed E-state index contributed by atoms with van der Waals surface area (Å²) < 4.78 is 5.59. The van der Waals surface area contributed by atoms with Crippen molar-refractivity contribution < 1.29 is 4.74 Å². The molecular formula is C17H27NO. The van der Waals surface area contributed by atoms with E-state index >= 15 is 0 Å². The van der Waals surface area contributed by atoms with Crippen LogP contribution in [0.3, 0.4) is 0 Å². The molecule has 0 heterocycles. The molecule has 1 aromatic carbocycles. The maximum Gasteiger partial charge on any atom is 0.123 e. The molecule has 0 radical (unpaired) electrons. The molecule has 1 saturated carbocycles. The Bertz CT molecular complexity index is 416. The smallest absolute Gasteiger partial charge is 0.123 e. The van der Waals surface area contributed by atoms with Crippen molar-refractivity contribution in [2.75, 3.05) is 14.2 Å². The molecule has 0 amide bonds. The van der Waals surface area contributed by atoms with Gasteiger partial charge in [0.15, 0.2) is 0 Å². The van der Waals surface area contributed by atoms with E-state index in [1.165, 1.54) is 36.8 Å². The van der Waals surface area contributed by atoms with Gasteiger partial charge in [-0.1, -0.05) is 31.9 Å². The van der Waals surface area contributed by atoms with Gasteiger partial charge in [0, 0.05) is 11.6 Å². The van der Waals surface area contributed by atoms with E-state index in [-0.39, 0.29) is 0 Å². The SMILES string of the molecule is CNC(c1ccc(C)cc1OC)C1CCCC(C)C1. The second kappa shape index (κ2) is 6.42. The highest BCUT2D eigenvalue weighted by atomic mass is 16.5. The zero-order valence-corrected chi connectivity index (χ0v) is 12.7. The zero-order valence-electron chi connectivity index (χ0n) is 12.7. The fourth-order valence-electron chi connectivity index (χ4n) is 3.50. The summed E-state index contributed by atoms with van der Waals surface area (Å²) in [6, 6.07) is 6.98. The predicted molar refractivity (Wildman–Crippen MR) is 80.7 cm³/mol. The number of hydrogen-bond donors (Lipinski definition) is 1. The number of methoxy groups -OCH3 is 1. The maximum absolute atomic E-state index is 5.59. The number of hydrogen-bond acceptors (Lipinski definition) is 2. The molecule has 3 unspecified atom stereocenters. The average Bonchev–Trinajstić information content (AvgIpc) is 2.41. The molecule has 1 fully saturated rings. The highest BCUT2D eigenvalue weighted by Crippen LogP contribution is 2.39. The van der Waals surface area contributed by atoms with Gasteiger partial charge in [-0.3, -0.25) is 0 Å². The standard InChI is InChI=1S/C17H27NO/c1-12-6-5-7-14(10-12)17(18-3)15-9-8-13(2)11-16(15)19-4/h8-9,11-12,14,17-18H,5-7,10H2,1-4H3. The first-order valence-electron chi connectivity index (χ1n) is 7.47. The van der Waals surface area contributed by atoms with Gasteiger partial charge >= 0.3 is 0 Å². The van der Waals surface area contributed by atoms with Gasteiger partial charge in [-0.2, -0.15) is 0 Å². The molecule has 0 saturated heterocycles. The Balaban J connectivity index is 2.25. The summed E-state index contributed by atoms with van der Waals surface area (Å²) in [4.78, 5) is 0. The lowest BCUT2D eigenvalue weighted by Gasteiger charge is -2.34. The number of ether oxygens (including phenoxy) is 1. The van der Waals surface area contributed by atoms with Crippen LogP contribution in [-0.4, -0.2) is 14.2 Å². The first kappa shape index (κ1) is 14.4. The molecule has 19 heavy (non-hydrogen) atoms. The molecule has 2 heteroatoms. The Morgan fingerprint density at radius 3 is 2.74 bits per heavy atom. The van der Waals surface area contributed by atoms with Gasteiger partial charge in [-0.05, 0) is 50.3 Å². The third kappa shape index (κ3) is 3.30. The van der Waals surface area contributed by atoms with Crippen molar-refractivity contribution in [2.24, 2.45) is 11.8 Å². The Kier molecular flexibility index (Phi) is 4.87. The van der Waals surface area contributed by atoms with Crippen LogP contribution in [0.2, 0.25) is 0 Å². The van der Waals surface area contributed by atoms with Crippen LogP contribution in [0.4, 0.5) is 0 Å². The van der Waals surface area contributed by atoms with E-state index in [2.05, 4.69) is 44.4 Å². The van der Waals surface area contributed by atoms with E-state index in [4.69, 9.17) is 4.74 Å². The van der Waals surface area contributed by atoms with Gasteiger partial charge in [0.05, 0.1) is 7.11 Å². The van der Waals surface area contributed by atoms with Crippen LogP contribution < -0.4 is 10.1 Å². The van der Waals surface area contributed by atoms with Crippen LogP contribution in [0.25, 0.3) is 0 Å². The summed E-state index contributed by atoms with van der Waals surface area (Å²) >= 11 is 0. The highest BCUT2D eigenvalue weighted by molar-refractivity contribution is 5.39. The average molecular weight is 261 g/mol. The fourth-order valence-corrected chi connectivity index (χ4v) is 3.50. The summed E-state index contributed by atoms with van der Waals surface area (Å²) in [6.07, 6.45) is 5.39. The Morgan fingerprint density at radius 2 is 2.11 bits per heavy atom. The van der Waals surface area contributed by atoms with E-state index in [0.717, 1.165) is 17.6 Å². The summed E-state index contributed by atoms with van der Waals surface area (Å²) in [7, 11) is 3.84. The molecule has 1 N–H and O–H groups in total. The first-order valence-corrected chi connectivity index (χ1v) is 7.47. The minimum atomic E-state index is 0.415. The van der Waals surface area contributed by atoms with Crippen molar-refractivity contribution in [3.8, 4) is 5.75 Å². The van der Waals surface area contributed by atoms with Crippen molar-refractivity contribution in [3.05, 3.63) is 29.3 Å². The molecule has 1 aliphatic carbocycles. The summed E-state index contributed by atoms with van der Waals surface area (Å²) in [5, 5.41) is 3.52. The fraction of sp³-hybridized carbons (Fsp3) is 0.647. The minimum absolute atomic E-state index is 0.415. The molecule has 1 aliphatic rings. The van der Waals surface area contributed by atoms with Crippen LogP contribution >= 0.6 is 0 Å². The van der Waals surface area contributed by atoms with E-state index < -0.39 is 0 Å². The lowest BCUT2D eigenvalue weighted by atomic mass is 9.76. The van der Waals surface area contributed by atoms with Crippen LogP contribution in [0.1, 0.15) is 49.8 Å². The van der Waals surface area contributed by atoms with Crippen LogP contribution in [0.5, 0.6) is 5.75 Å². The minimum Gasteiger partial charge on any atom is -0.496 e. The molecule has 0 spiro atoms. The number of nitrogens with one attached hydrogen (secondary N) is 1. The van der Waals surface area contributed by atoms with E-state index in [0.29, 0.717) is 6.04 Å². The predicted octanol–water partition coefficient (Wildman–Crippen LogP) is 4.09. The molecule has 2 nitrogen and oxygen atoms in total. The highest BCUT2D eigenvalue weighted by Gasteiger charge is 2.28. The van der Waals surface area contributed by atoms with Crippen molar-refractivity contribution in [2.45, 2.75) is 45.6 Å². The van der Waals surface area contributed by atoms with Crippen molar-refractivity contribution in [1.29, 1.82) is 0 Å². The summed E-state index contributed by atoms with van der Waals surface area (Å²) in [5.41, 5.74) is 2.57. The summed E-state index contributed by atoms with van der Waals surface area (Å²) in [5.74, 6) is 2.61. The molecule has 2 rings (SSSR count). The largest absolute Gasteiger partial charge is 0.496 e. The van der Waals surface area contributed by atoms with Crippen molar-refractivity contribution >= 4 is 0 Å². The molecule has 0 aromatic heterocycles. The van der Waals surface area contributed by atoms with Gasteiger partial charge in [-0.25, -0.2) is 0 Å². The van der Waals surface area contributed by atoms with Gasteiger partial charge in [0.2, 0.25) is 0 Å². The molecule has 0 aliphatic heterocycles. The normalized spacial score (nSPS) is 25.1. The van der Waals surface area contributed by atoms with Gasteiger partial charge in [0.1, 0.15) is 5.75 Å². The lowest BCUT2D eigenvalue weighted by molar-refractivity contribution is 0.227. The summed E-state index contributed by atoms with van der Waals surface area (Å²) in [6.45, 7) is 4.49. The maximum atomic E-state index is 5.59. The van der Waals surface area contributed by atoms with Crippen molar-refractivity contribution in [3.63, 3.8) is 0 Å². The molecule has 0 bridgehead atoms. The topological polar surface area (TPSA) is 21.3 Å². The number of aryl methyl sites for hydroxylation is 1. The van der Waals surface area contributed by atoms with Crippen LogP contribution in [0, 0.1) is 18.8 Å². The van der Waals surface area contributed by atoms with E-state index in [1.807, 2.05) is 0 Å². The monoisotopic (exact) mass is 261 g/mol. The second-order valence-corrected chi connectivity index (χ2v) is 6.04. The number of benzene rings is 1. The van der Waals surface area contributed by atoms with Crippen molar-refractivity contribution in [1.82, 2.24) is 5.32 Å². The van der Waals surface area contributed by atoms with E-state index in [1.54, 1.807) is 7.11 Å². The Hall–Kier alpha value is -1.02. The van der Waals surface area contributed by atoms with Gasteiger partial charge in [-0.15, -0.1) is 0 Å². The second-order valence-electron chi connectivity index (χ2n) is 6.04. The van der Waals surface area contributed by atoms with Crippen LogP contribution in [0.15, 0.2) is 18.2 Å². The van der Waals surface area contributed by atoms with Crippen LogP contribution in [-0.2, 0) is 0 Å². The first-order chi connectivity index (χ1) is 9.15. The third-order valence-electron chi connectivity index (χ3n) is 4.48. The third-order valence-corrected chi connectivity index (χ3v) is 4.48.